The van der Waals surface area contributed by atoms with Crippen molar-refractivity contribution < 1.29 is 39.1 Å². The quantitative estimate of drug-likeness (QED) is 0.118. The summed E-state index contributed by atoms with van der Waals surface area (Å²) in [6, 6.07) is 0. The Morgan fingerprint density at radius 1 is 1.00 bits per heavy atom. The minimum absolute atomic E-state index is 0.000344. The molecule has 5 saturated heterocycles. The Hall–Kier alpha value is -1.52. The smallest absolute Gasteiger partial charge is 0.335 e. The maximum Gasteiger partial charge on any atom is 0.335 e. The van der Waals surface area contributed by atoms with E-state index in [2.05, 4.69) is 22.9 Å². The number of likely N-dealkylation sites (N-methyl/N-ethyl adjacent to an activating group) is 1. The fraction of sp³-hybridized carbons (Fsp3) is 0.907. The van der Waals surface area contributed by atoms with Gasteiger partial charge in [0, 0.05) is 30.4 Å². The van der Waals surface area contributed by atoms with Crippen LogP contribution in [0.4, 0.5) is 0 Å². The lowest BCUT2D eigenvalue weighted by atomic mass is 9.53. The summed E-state index contributed by atoms with van der Waals surface area (Å²) in [7, 11) is 0. The largest absolute Gasteiger partial charge is 0.456 e. The van der Waals surface area contributed by atoms with Crippen molar-refractivity contribution in [1.82, 2.24) is 16.0 Å². The lowest BCUT2D eigenvalue weighted by Crippen LogP contribution is -2.71. The molecule has 0 aromatic carbocycles. The third kappa shape index (κ3) is 8.69. The van der Waals surface area contributed by atoms with Gasteiger partial charge < -0.3 is 56.9 Å². The van der Waals surface area contributed by atoms with Gasteiger partial charge in [0.1, 0.15) is 17.5 Å². The number of nitrogens with one attached hydrogen (secondary N) is 3. The van der Waals surface area contributed by atoms with Gasteiger partial charge in [-0.15, -0.1) is 0 Å². The Bertz CT molecular complexity index is 1380. The van der Waals surface area contributed by atoms with Crippen molar-refractivity contribution in [3.05, 3.63) is 11.6 Å². The fourth-order valence-corrected chi connectivity index (χ4v) is 12.7. The molecule has 0 aromatic rings. The van der Waals surface area contributed by atoms with E-state index in [1.807, 2.05) is 13.8 Å². The lowest BCUT2D eigenvalue weighted by molar-refractivity contribution is -0.306. The van der Waals surface area contributed by atoms with Gasteiger partial charge in [0.2, 0.25) is 0 Å². The average Bonchev–Trinajstić information content (AvgIpc) is 3.17. The molecule has 13 heteroatoms. The molecule has 0 amide bonds. The summed E-state index contributed by atoms with van der Waals surface area (Å²) in [6.07, 6.45) is 7.94. The number of hydrogen-bond acceptors (Lipinski definition) is 13. The number of fused-ring (bicyclic) bond motifs is 4. The van der Waals surface area contributed by atoms with Crippen LogP contribution in [0.2, 0.25) is 0 Å². The topological polar surface area (TPSA) is 211 Å². The summed E-state index contributed by atoms with van der Waals surface area (Å²) in [4.78, 5) is 28.3. The number of ether oxygens (including phenoxy) is 3. The number of nitrogens with two attached hydrogens (primary N) is 2. The molecule has 2 saturated carbocycles. The number of rotatable bonds is 10. The van der Waals surface area contributed by atoms with Gasteiger partial charge in [-0.1, -0.05) is 25.8 Å². The minimum atomic E-state index is -1.06. The van der Waals surface area contributed by atoms with Gasteiger partial charge in [-0.3, -0.25) is 4.79 Å². The molecule has 2 bridgehead atoms. The Kier molecular flexibility index (Phi) is 14.0. The van der Waals surface area contributed by atoms with Gasteiger partial charge in [-0.05, 0) is 133 Å². The number of esters is 1. The van der Waals surface area contributed by atoms with Crippen molar-refractivity contribution in [1.29, 1.82) is 0 Å². The molecular weight excluding hydrogens is 714 g/mol. The number of Topliss-reactive ketones (excluding diaryl/α,β-unsaturated/α-hetero) is 1. The zero-order valence-corrected chi connectivity index (χ0v) is 34.2. The van der Waals surface area contributed by atoms with Gasteiger partial charge >= 0.3 is 5.97 Å². The van der Waals surface area contributed by atoms with Crippen molar-refractivity contribution in [3.8, 4) is 0 Å². The Labute approximate surface area is 334 Å². The molecule has 7 rings (SSSR count). The molecule has 0 aromatic heterocycles. The first-order valence-electron chi connectivity index (χ1n) is 22.3. The van der Waals surface area contributed by atoms with Gasteiger partial charge in [-0.2, -0.15) is 0 Å². The number of carbonyl (C=O) groups is 2. The van der Waals surface area contributed by atoms with Gasteiger partial charge in [0.05, 0.1) is 55.4 Å². The second-order valence-electron chi connectivity index (χ2n) is 19.0. The highest BCUT2D eigenvalue weighted by Gasteiger charge is 2.65. The lowest BCUT2D eigenvalue weighted by Gasteiger charge is -2.62. The van der Waals surface area contributed by atoms with E-state index in [1.54, 1.807) is 6.08 Å². The molecule has 5 aliphatic heterocycles. The first-order valence-corrected chi connectivity index (χ1v) is 22.3. The van der Waals surface area contributed by atoms with Gasteiger partial charge in [0.15, 0.2) is 0 Å². The summed E-state index contributed by atoms with van der Waals surface area (Å²) >= 11 is 0. The SMILES string of the molecule is CC=C(CNCC)C(=O)OC1CC2C(O)C3C(=O)CC(CO)OC3C3C(CC4CCCC(O)C4)C4CCNC(N)C4CCC(CC4CCC(N)NC4)C1(C)OC23. The molecule has 2 aliphatic carbocycles. The number of aliphatic hydroxyl groups is 3. The van der Waals surface area contributed by atoms with Crippen LogP contribution < -0.4 is 27.4 Å². The van der Waals surface area contributed by atoms with Crippen molar-refractivity contribution >= 4 is 11.8 Å². The fourth-order valence-electron chi connectivity index (χ4n) is 12.7. The predicted octanol–water partition coefficient (Wildman–Crippen LogP) is 2.10. The Morgan fingerprint density at radius 3 is 2.54 bits per heavy atom. The minimum Gasteiger partial charge on any atom is -0.456 e. The molecule has 56 heavy (non-hydrogen) atoms. The molecule has 0 spiro atoms. The van der Waals surface area contributed by atoms with Crippen LogP contribution >= 0.6 is 0 Å². The van der Waals surface area contributed by atoms with Crippen LogP contribution in [0.1, 0.15) is 104 Å². The normalized spacial score (nSPS) is 47.3. The van der Waals surface area contributed by atoms with Crippen molar-refractivity contribution in [2.45, 2.75) is 159 Å². The number of hydrogen-bond donors (Lipinski definition) is 8. The van der Waals surface area contributed by atoms with Crippen LogP contribution in [0.25, 0.3) is 0 Å². The number of piperidine rings is 2. The maximum absolute atomic E-state index is 14.2. The summed E-state index contributed by atoms with van der Waals surface area (Å²) < 4.78 is 21.1. The standard InChI is InChI=1S/C43H73N5O8/c1-4-25(21-46-5-2)42(53)55-34-19-32-38(52)37-33(51)18-28(22-49)54-40(37)36-31(17-23-7-6-8-27(50)16-23)29-13-14-47-41(45)30(29)11-10-26(43(34,3)56-39(32)36)15-24-9-12-35(44)48-20-24/h4,23-24,26-32,34-41,46-50,52H,5-22,44-45H2,1-3H3. The third-order valence-electron chi connectivity index (χ3n) is 15.7. The third-order valence-corrected chi connectivity index (χ3v) is 15.7. The second-order valence-corrected chi connectivity index (χ2v) is 19.0. The number of aliphatic hydroxyl groups excluding tert-OH is 3. The highest BCUT2D eigenvalue weighted by molar-refractivity contribution is 5.89. The van der Waals surface area contributed by atoms with E-state index in [-0.39, 0.29) is 66.8 Å². The molecule has 10 N–H and O–H groups in total. The zero-order valence-electron chi connectivity index (χ0n) is 34.2. The second kappa shape index (κ2) is 18.4. The summed E-state index contributed by atoms with van der Waals surface area (Å²) in [5, 5.41) is 44.1. The molecule has 318 valence electrons. The first kappa shape index (κ1) is 42.6. The van der Waals surface area contributed by atoms with E-state index >= 15 is 0 Å². The van der Waals surface area contributed by atoms with Crippen LogP contribution in [0.5, 0.6) is 0 Å². The van der Waals surface area contributed by atoms with Crippen LogP contribution in [-0.4, -0.2) is 114 Å². The summed E-state index contributed by atoms with van der Waals surface area (Å²) in [5.41, 5.74) is 13.0. The van der Waals surface area contributed by atoms with Crippen molar-refractivity contribution in [2.24, 2.45) is 64.7 Å². The monoisotopic (exact) mass is 788 g/mol. The van der Waals surface area contributed by atoms with Crippen LogP contribution in [0.3, 0.4) is 0 Å². The molecule has 7 fully saturated rings. The van der Waals surface area contributed by atoms with Gasteiger partial charge in [-0.25, -0.2) is 4.79 Å². The molecule has 18 atom stereocenters. The highest BCUT2D eigenvalue weighted by atomic mass is 16.6. The Morgan fingerprint density at radius 2 is 1.82 bits per heavy atom. The molecule has 13 nitrogen and oxygen atoms in total. The van der Waals surface area contributed by atoms with E-state index in [1.165, 1.54) is 0 Å². The maximum atomic E-state index is 14.2. The molecule has 0 radical (unpaired) electrons. The summed E-state index contributed by atoms with van der Waals surface area (Å²) in [6.45, 7) is 8.41. The number of ketones is 1. The number of carbonyl (C=O) groups excluding carboxylic acids is 2. The molecule has 5 heterocycles. The predicted molar refractivity (Wildman–Crippen MR) is 212 cm³/mol. The molecule has 18 unspecified atom stereocenters. The van der Waals surface area contributed by atoms with E-state index < -0.39 is 53.9 Å². The van der Waals surface area contributed by atoms with Crippen LogP contribution in [0, 0.1) is 53.3 Å². The highest BCUT2D eigenvalue weighted by Crippen LogP contribution is 2.58. The van der Waals surface area contributed by atoms with Crippen molar-refractivity contribution in [2.75, 3.05) is 32.8 Å². The van der Waals surface area contributed by atoms with E-state index in [4.69, 9.17) is 25.7 Å². The molecular formula is C43H73N5O8. The molecule has 7 aliphatic rings. The van der Waals surface area contributed by atoms with Gasteiger partial charge in [0.25, 0.3) is 0 Å². The van der Waals surface area contributed by atoms with Crippen LogP contribution in [0.15, 0.2) is 11.6 Å². The van der Waals surface area contributed by atoms with E-state index in [0.29, 0.717) is 36.9 Å². The first-order chi connectivity index (χ1) is 26.9. The Balaban J connectivity index is 1.35. The van der Waals surface area contributed by atoms with E-state index in [0.717, 1.165) is 83.7 Å². The zero-order chi connectivity index (χ0) is 39.7. The van der Waals surface area contributed by atoms with Crippen LogP contribution in [-0.2, 0) is 23.8 Å². The number of allylic oxidation sites excluding steroid dienone is 1. The van der Waals surface area contributed by atoms with E-state index in [9.17, 15) is 24.9 Å². The average molecular weight is 788 g/mol. The van der Waals surface area contributed by atoms with Crippen molar-refractivity contribution in [3.63, 3.8) is 0 Å². The summed E-state index contributed by atoms with van der Waals surface area (Å²) in [5.74, 6) is -0.956.